The topological polar surface area (TPSA) is 60.2 Å². The summed E-state index contributed by atoms with van der Waals surface area (Å²) >= 11 is 0. The Morgan fingerprint density at radius 3 is 1.86 bits per heavy atom. The fraction of sp³-hybridized carbons (Fsp3) is 0.500. The highest BCUT2D eigenvalue weighted by atomic mass is 32.2. The van der Waals surface area contributed by atoms with Crippen LogP contribution in [0.25, 0.3) is 0 Å². The zero-order valence-corrected chi connectivity index (χ0v) is 18.7. The van der Waals surface area contributed by atoms with Crippen LogP contribution in [-0.2, 0) is 22.7 Å². The van der Waals surface area contributed by atoms with Gasteiger partial charge < -0.3 is 5.73 Å². The molecule has 0 amide bonds. The largest absolute Gasteiger partial charge is 0.328 e. The molecule has 0 aliphatic heterocycles. The highest BCUT2D eigenvalue weighted by Gasteiger charge is 2.15. The molecule has 0 heterocycles. The molecule has 0 fully saturated rings. The van der Waals surface area contributed by atoms with E-state index in [0.29, 0.717) is 10.9 Å². The molecule has 4 heteroatoms. The van der Waals surface area contributed by atoms with E-state index in [0.717, 1.165) is 12.3 Å². The first-order valence-corrected chi connectivity index (χ1v) is 12.2. The average Bonchev–Trinajstić information content (AvgIpc) is 3.07. The molecule has 3 rings (SSSR count). The van der Waals surface area contributed by atoms with E-state index in [4.69, 9.17) is 5.73 Å². The Kier molecular flexibility index (Phi) is 11.1. The number of sulfone groups is 1. The van der Waals surface area contributed by atoms with Gasteiger partial charge in [-0.15, -0.1) is 0 Å². The van der Waals surface area contributed by atoms with E-state index in [2.05, 4.69) is 45.0 Å². The molecule has 0 saturated carbocycles. The van der Waals surface area contributed by atoms with Crippen LogP contribution in [0.4, 0.5) is 0 Å². The molecule has 1 aliphatic rings. The summed E-state index contributed by atoms with van der Waals surface area (Å²) in [7, 11) is -3.00. The van der Waals surface area contributed by atoms with Gasteiger partial charge in [-0.2, -0.15) is 0 Å². The van der Waals surface area contributed by atoms with Gasteiger partial charge in [0.15, 0.2) is 9.84 Å². The maximum Gasteiger partial charge on any atom is 0.175 e. The molecule has 2 N–H and O–H groups in total. The molecule has 3 nitrogen and oxygen atoms in total. The molecule has 1 aliphatic carbocycles. The van der Waals surface area contributed by atoms with Crippen LogP contribution >= 0.6 is 0 Å². The van der Waals surface area contributed by atoms with E-state index in [9.17, 15) is 8.42 Å². The van der Waals surface area contributed by atoms with Crippen LogP contribution in [0.1, 0.15) is 57.6 Å². The van der Waals surface area contributed by atoms with Crippen molar-refractivity contribution in [2.45, 2.75) is 70.2 Å². The van der Waals surface area contributed by atoms with E-state index in [-0.39, 0.29) is 0 Å². The Hall–Kier alpha value is -1.65. The Labute approximate surface area is 172 Å². The second-order valence-corrected chi connectivity index (χ2v) is 9.69. The van der Waals surface area contributed by atoms with Gasteiger partial charge in [-0.1, -0.05) is 76.1 Å². The first-order chi connectivity index (χ1) is 13.3. The van der Waals surface area contributed by atoms with Gasteiger partial charge in [-0.05, 0) is 54.9 Å². The summed E-state index contributed by atoms with van der Waals surface area (Å²) in [6.45, 7) is 6.66. The Balaban J connectivity index is 0.000000212. The van der Waals surface area contributed by atoms with Crippen molar-refractivity contribution in [2.75, 3.05) is 6.26 Å². The maximum atomic E-state index is 10.8. The molecular weight excluding hydrogens is 366 g/mol. The van der Waals surface area contributed by atoms with Crippen LogP contribution < -0.4 is 5.73 Å². The molecule has 0 aromatic heterocycles. The first kappa shape index (κ1) is 24.4. The Morgan fingerprint density at radius 2 is 1.46 bits per heavy atom. The molecule has 2 aromatic rings. The second-order valence-electron chi connectivity index (χ2n) is 7.68. The third kappa shape index (κ3) is 9.52. The van der Waals surface area contributed by atoms with E-state index < -0.39 is 9.84 Å². The Bertz CT molecular complexity index is 747. The van der Waals surface area contributed by atoms with E-state index in [1.165, 1.54) is 38.4 Å². The lowest BCUT2D eigenvalue weighted by molar-refractivity contribution is 0.562. The fourth-order valence-corrected chi connectivity index (χ4v) is 3.77. The number of rotatable bonds is 5. The van der Waals surface area contributed by atoms with Crippen LogP contribution in [0.2, 0.25) is 0 Å². The van der Waals surface area contributed by atoms with Gasteiger partial charge >= 0.3 is 0 Å². The van der Waals surface area contributed by atoms with Crippen molar-refractivity contribution < 1.29 is 8.42 Å². The van der Waals surface area contributed by atoms with Crippen LogP contribution in [0.15, 0.2) is 59.5 Å². The molecule has 2 aromatic carbocycles. The smallest absolute Gasteiger partial charge is 0.175 e. The van der Waals surface area contributed by atoms with Gasteiger partial charge in [-0.25, -0.2) is 8.42 Å². The lowest BCUT2D eigenvalue weighted by Gasteiger charge is -2.04. The molecule has 156 valence electrons. The van der Waals surface area contributed by atoms with Crippen molar-refractivity contribution in [1.29, 1.82) is 0 Å². The predicted molar refractivity (Wildman–Crippen MR) is 120 cm³/mol. The number of fused-ring (bicyclic) bond motifs is 1. The normalized spacial score (nSPS) is 14.2. The van der Waals surface area contributed by atoms with Gasteiger partial charge in [0.1, 0.15) is 0 Å². The summed E-state index contributed by atoms with van der Waals surface area (Å²) in [6, 6.07) is 17.6. The van der Waals surface area contributed by atoms with Crippen LogP contribution in [0.5, 0.6) is 0 Å². The molecule has 0 radical (unpaired) electrons. The minimum absolute atomic E-state index is 0.370. The number of unbranched alkanes of at least 4 members (excludes halogenated alkanes) is 1. The van der Waals surface area contributed by atoms with Crippen molar-refractivity contribution in [3.05, 3.63) is 65.7 Å². The van der Waals surface area contributed by atoms with Crippen molar-refractivity contribution in [1.82, 2.24) is 0 Å². The summed E-state index contributed by atoms with van der Waals surface area (Å²) in [5, 5.41) is 0. The van der Waals surface area contributed by atoms with Crippen molar-refractivity contribution >= 4 is 9.84 Å². The summed E-state index contributed by atoms with van der Waals surface area (Å²) in [6.07, 6.45) is 8.66. The average molecular weight is 404 g/mol. The van der Waals surface area contributed by atoms with Crippen LogP contribution in [0, 0.1) is 5.92 Å². The minimum atomic E-state index is -3.00. The molecule has 1 unspecified atom stereocenters. The molecule has 0 bridgehead atoms. The molecule has 0 saturated heterocycles. The number of hydrogen-bond acceptors (Lipinski definition) is 3. The third-order valence-corrected chi connectivity index (χ3v) is 6.01. The zero-order chi connectivity index (χ0) is 21.0. The first-order valence-electron chi connectivity index (χ1n) is 10.3. The van der Waals surface area contributed by atoms with E-state index in [1.807, 2.05) is 0 Å². The monoisotopic (exact) mass is 403 g/mol. The minimum Gasteiger partial charge on any atom is -0.328 e. The van der Waals surface area contributed by atoms with Crippen molar-refractivity contribution in [2.24, 2.45) is 11.7 Å². The Morgan fingerprint density at radius 1 is 0.964 bits per heavy atom. The standard InChI is InChI=1S/C10H12.C7H17N.C7H8O2S/c1-8-6-9-4-2-3-5-10(9)7-8;1-3-5-6-7(8)4-2;1-10(8,9)7-5-3-2-4-6-7/h2-5,8H,6-7H2,1H3;7H,3-6,8H2,1-2H3;2-6H,1H3. The maximum absolute atomic E-state index is 10.8. The SMILES string of the molecule is CC1Cc2ccccc2C1.CCCCC(N)CC.CS(=O)(=O)c1ccccc1. The van der Waals surface area contributed by atoms with E-state index in [1.54, 1.807) is 41.5 Å². The molecule has 0 spiro atoms. The van der Waals surface area contributed by atoms with Crippen molar-refractivity contribution in [3.8, 4) is 0 Å². The van der Waals surface area contributed by atoms with Crippen LogP contribution in [0.3, 0.4) is 0 Å². The summed E-state index contributed by atoms with van der Waals surface area (Å²) in [5.74, 6) is 0.873. The highest BCUT2D eigenvalue weighted by molar-refractivity contribution is 7.90. The molecular formula is C24H37NO2S. The summed E-state index contributed by atoms with van der Waals surface area (Å²) in [4.78, 5) is 0.370. The summed E-state index contributed by atoms with van der Waals surface area (Å²) < 4.78 is 21.7. The van der Waals surface area contributed by atoms with Gasteiger partial charge in [0.25, 0.3) is 0 Å². The number of benzene rings is 2. The molecule has 1 atom stereocenters. The number of hydrogen-bond donors (Lipinski definition) is 1. The summed E-state index contributed by atoms with van der Waals surface area (Å²) in [5.41, 5.74) is 8.79. The molecule has 28 heavy (non-hydrogen) atoms. The van der Waals surface area contributed by atoms with Gasteiger partial charge in [0.2, 0.25) is 0 Å². The second kappa shape index (κ2) is 12.7. The lowest BCUT2D eigenvalue weighted by atomic mass is 10.1. The zero-order valence-electron chi connectivity index (χ0n) is 17.9. The van der Waals surface area contributed by atoms with Gasteiger partial charge in [0.05, 0.1) is 4.90 Å². The third-order valence-electron chi connectivity index (χ3n) is 4.88. The highest BCUT2D eigenvalue weighted by Crippen LogP contribution is 2.25. The number of nitrogens with two attached hydrogens (primary N) is 1. The lowest BCUT2D eigenvalue weighted by Crippen LogP contribution is -2.17. The quantitative estimate of drug-likeness (QED) is 0.724. The van der Waals surface area contributed by atoms with Gasteiger partial charge in [-0.3, -0.25) is 0 Å². The van der Waals surface area contributed by atoms with E-state index >= 15 is 0 Å². The van der Waals surface area contributed by atoms with Gasteiger partial charge in [0, 0.05) is 12.3 Å². The predicted octanol–water partition coefficient (Wildman–Crippen LogP) is 5.43. The van der Waals surface area contributed by atoms with Crippen LogP contribution in [-0.4, -0.2) is 20.7 Å². The van der Waals surface area contributed by atoms with Crippen molar-refractivity contribution in [3.63, 3.8) is 0 Å². The fourth-order valence-electron chi connectivity index (χ4n) is 3.12.